The Morgan fingerprint density at radius 1 is 1.15 bits per heavy atom. The molecule has 0 atom stereocenters. The standard InChI is InChI=1S/C21H23N3O3/c1-4-11-27-19-8-6-5-7-17(19)14-22-24-21(26)13-20(25)23-18-10-9-15(2)12-16(18)3/h4-10,12,14H,1,11,13H2,2-3H3,(H,23,25)(H,24,26). The van der Waals surface area contributed by atoms with Gasteiger partial charge in [-0.1, -0.05) is 42.5 Å². The summed E-state index contributed by atoms with van der Waals surface area (Å²) in [7, 11) is 0. The lowest BCUT2D eigenvalue weighted by atomic mass is 10.1. The van der Waals surface area contributed by atoms with Crippen LogP contribution >= 0.6 is 0 Å². The van der Waals surface area contributed by atoms with Crippen molar-refractivity contribution in [3.05, 3.63) is 71.8 Å². The van der Waals surface area contributed by atoms with Crippen molar-refractivity contribution in [2.45, 2.75) is 20.3 Å². The minimum Gasteiger partial charge on any atom is -0.489 e. The van der Waals surface area contributed by atoms with Crippen molar-refractivity contribution in [1.29, 1.82) is 0 Å². The first-order valence-corrected chi connectivity index (χ1v) is 8.51. The van der Waals surface area contributed by atoms with E-state index in [1.807, 2.05) is 44.2 Å². The summed E-state index contributed by atoms with van der Waals surface area (Å²) in [6.45, 7) is 7.85. The van der Waals surface area contributed by atoms with Crippen LogP contribution in [0.3, 0.4) is 0 Å². The van der Waals surface area contributed by atoms with Gasteiger partial charge >= 0.3 is 0 Å². The number of carbonyl (C=O) groups excluding carboxylic acids is 2. The average molecular weight is 365 g/mol. The lowest BCUT2D eigenvalue weighted by Crippen LogP contribution is -2.24. The van der Waals surface area contributed by atoms with Crippen molar-refractivity contribution in [3.8, 4) is 5.75 Å². The SMILES string of the molecule is C=CCOc1ccccc1C=NNC(=O)CC(=O)Nc1ccc(C)cc1C. The van der Waals surface area contributed by atoms with E-state index in [4.69, 9.17) is 4.74 Å². The van der Waals surface area contributed by atoms with Gasteiger partial charge < -0.3 is 10.1 Å². The Kier molecular flexibility index (Phi) is 7.31. The van der Waals surface area contributed by atoms with Crippen LogP contribution in [0.15, 0.2) is 60.2 Å². The lowest BCUT2D eigenvalue weighted by Gasteiger charge is -2.08. The molecule has 2 aromatic rings. The zero-order valence-electron chi connectivity index (χ0n) is 15.5. The fourth-order valence-corrected chi connectivity index (χ4v) is 2.37. The molecule has 0 saturated heterocycles. The maximum absolute atomic E-state index is 12.0. The highest BCUT2D eigenvalue weighted by Gasteiger charge is 2.10. The van der Waals surface area contributed by atoms with Crippen LogP contribution in [0, 0.1) is 13.8 Å². The van der Waals surface area contributed by atoms with Crippen molar-refractivity contribution >= 4 is 23.7 Å². The highest BCUT2D eigenvalue weighted by molar-refractivity contribution is 6.04. The fourth-order valence-electron chi connectivity index (χ4n) is 2.37. The maximum atomic E-state index is 12.0. The molecule has 2 N–H and O–H groups in total. The number of aryl methyl sites for hydroxylation is 2. The molecule has 0 aliphatic rings. The highest BCUT2D eigenvalue weighted by Crippen LogP contribution is 2.16. The topological polar surface area (TPSA) is 79.8 Å². The molecule has 0 saturated carbocycles. The van der Waals surface area contributed by atoms with Crippen LogP contribution < -0.4 is 15.5 Å². The highest BCUT2D eigenvalue weighted by atomic mass is 16.5. The van der Waals surface area contributed by atoms with Crippen molar-refractivity contribution in [2.75, 3.05) is 11.9 Å². The first-order valence-electron chi connectivity index (χ1n) is 8.51. The van der Waals surface area contributed by atoms with E-state index in [9.17, 15) is 9.59 Å². The van der Waals surface area contributed by atoms with Gasteiger partial charge in [-0.3, -0.25) is 9.59 Å². The Balaban J connectivity index is 1.87. The number of carbonyl (C=O) groups is 2. The van der Waals surface area contributed by atoms with E-state index in [1.165, 1.54) is 6.21 Å². The molecule has 0 radical (unpaired) electrons. The van der Waals surface area contributed by atoms with Gasteiger partial charge in [0.25, 0.3) is 0 Å². The van der Waals surface area contributed by atoms with Crippen molar-refractivity contribution in [2.24, 2.45) is 5.10 Å². The van der Waals surface area contributed by atoms with E-state index in [0.29, 0.717) is 23.6 Å². The molecule has 0 aliphatic carbocycles. The third-order valence-corrected chi connectivity index (χ3v) is 3.65. The predicted molar refractivity (Wildman–Crippen MR) is 107 cm³/mol. The van der Waals surface area contributed by atoms with E-state index < -0.39 is 11.8 Å². The van der Waals surface area contributed by atoms with Gasteiger partial charge in [0.05, 0.1) is 6.21 Å². The van der Waals surface area contributed by atoms with Crippen LogP contribution in [0.25, 0.3) is 0 Å². The number of ether oxygens (including phenoxy) is 1. The molecule has 0 heterocycles. The van der Waals surface area contributed by atoms with Gasteiger partial charge in [-0.15, -0.1) is 0 Å². The van der Waals surface area contributed by atoms with Crippen LogP contribution in [0.5, 0.6) is 5.75 Å². The first-order chi connectivity index (χ1) is 13.0. The molecular weight excluding hydrogens is 342 g/mol. The molecule has 0 fully saturated rings. The molecule has 0 aromatic heterocycles. The number of nitrogens with one attached hydrogen (secondary N) is 2. The summed E-state index contributed by atoms with van der Waals surface area (Å²) >= 11 is 0. The average Bonchev–Trinajstić information content (AvgIpc) is 2.63. The number of hydrogen-bond donors (Lipinski definition) is 2. The van der Waals surface area contributed by atoms with Crippen LogP contribution in [0.1, 0.15) is 23.1 Å². The number of anilines is 1. The van der Waals surface area contributed by atoms with E-state index in [-0.39, 0.29) is 6.42 Å². The van der Waals surface area contributed by atoms with Crippen molar-refractivity contribution in [3.63, 3.8) is 0 Å². The molecule has 0 unspecified atom stereocenters. The summed E-state index contributed by atoms with van der Waals surface area (Å²) in [5.41, 5.74) is 5.80. The second-order valence-corrected chi connectivity index (χ2v) is 5.97. The minimum absolute atomic E-state index is 0.320. The Morgan fingerprint density at radius 3 is 2.67 bits per heavy atom. The van der Waals surface area contributed by atoms with Gasteiger partial charge in [0, 0.05) is 11.3 Å². The third kappa shape index (κ3) is 6.43. The van der Waals surface area contributed by atoms with Crippen molar-refractivity contribution < 1.29 is 14.3 Å². The van der Waals surface area contributed by atoms with Gasteiger partial charge in [-0.05, 0) is 37.6 Å². The van der Waals surface area contributed by atoms with Crippen LogP contribution in [-0.2, 0) is 9.59 Å². The van der Waals surface area contributed by atoms with Gasteiger partial charge in [-0.25, -0.2) is 5.43 Å². The Morgan fingerprint density at radius 2 is 1.93 bits per heavy atom. The second-order valence-electron chi connectivity index (χ2n) is 5.97. The zero-order chi connectivity index (χ0) is 19.6. The van der Waals surface area contributed by atoms with Gasteiger partial charge in [-0.2, -0.15) is 5.10 Å². The summed E-state index contributed by atoms with van der Waals surface area (Å²) in [6.07, 6.45) is 2.79. The number of para-hydroxylation sites is 1. The quantitative estimate of drug-likeness (QED) is 0.326. The number of nitrogens with zero attached hydrogens (tertiary/aromatic N) is 1. The molecule has 0 bridgehead atoms. The maximum Gasteiger partial charge on any atom is 0.249 e. The second kappa shape index (κ2) is 9.91. The van der Waals surface area contributed by atoms with E-state index >= 15 is 0 Å². The lowest BCUT2D eigenvalue weighted by molar-refractivity contribution is -0.126. The van der Waals surface area contributed by atoms with Gasteiger partial charge in [0.15, 0.2) is 0 Å². The third-order valence-electron chi connectivity index (χ3n) is 3.65. The van der Waals surface area contributed by atoms with Gasteiger partial charge in [0.1, 0.15) is 18.8 Å². The minimum atomic E-state index is -0.502. The summed E-state index contributed by atoms with van der Waals surface area (Å²) in [4.78, 5) is 23.9. The summed E-state index contributed by atoms with van der Waals surface area (Å²) in [5, 5.41) is 6.62. The first kappa shape index (κ1) is 19.9. The molecule has 6 heteroatoms. The number of hydrogen-bond acceptors (Lipinski definition) is 4. The Bertz CT molecular complexity index is 860. The number of rotatable bonds is 8. The van der Waals surface area contributed by atoms with Crippen LogP contribution in [-0.4, -0.2) is 24.6 Å². The molecule has 2 aromatic carbocycles. The normalized spacial score (nSPS) is 10.4. The molecule has 0 aliphatic heterocycles. The Hall–Kier alpha value is -3.41. The van der Waals surface area contributed by atoms with Crippen molar-refractivity contribution in [1.82, 2.24) is 5.43 Å². The molecule has 2 rings (SSSR count). The number of hydrazone groups is 1. The van der Waals surface area contributed by atoms with E-state index in [2.05, 4.69) is 22.4 Å². The largest absolute Gasteiger partial charge is 0.489 e. The zero-order valence-corrected chi connectivity index (χ0v) is 15.5. The monoisotopic (exact) mass is 365 g/mol. The van der Waals surface area contributed by atoms with Crippen LogP contribution in [0.2, 0.25) is 0 Å². The molecule has 6 nitrogen and oxygen atoms in total. The molecule has 140 valence electrons. The number of amides is 2. The van der Waals surface area contributed by atoms with E-state index in [0.717, 1.165) is 11.1 Å². The fraction of sp³-hybridized carbons (Fsp3) is 0.190. The molecule has 2 amide bonds. The summed E-state index contributed by atoms with van der Waals surface area (Å²) in [5.74, 6) is -0.273. The van der Waals surface area contributed by atoms with E-state index in [1.54, 1.807) is 18.2 Å². The molecule has 0 spiro atoms. The van der Waals surface area contributed by atoms with Crippen LogP contribution in [0.4, 0.5) is 5.69 Å². The van der Waals surface area contributed by atoms with Gasteiger partial charge in [0.2, 0.25) is 11.8 Å². The summed E-state index contributed by atoms with van der Waals surface area (Å²) in [6, 6.07) is 13.0. The smallest absolute Gasteiger partial charge is 0.249 e. The molecule has 27 heavy (non-hydrogen) atoms. The number of benzene rings is 2. The Labute approximate surface area is 158 Å². The predicted octanol–water partition coefficient (Wildman–Crippen LogP) is 3.35. The molecular formula is C21H23N3O3. The summed E-state index contributed by atoms with van der Waals surface area (Å²) < 4.78 is 5.51.